The predicted octanol–water partition coefficient (Wildman–Crippen LogP) is 3.25. The fraction of sp³-hybridized carbons (Fsp3) is 0.273. The Hall–Kier alpha value is -2.74. The lowest BCUT2D eigenvalue weighted by Gasteiger charge is -2.23. The van der Waals surface area contributed by atoms with Gasteiger partial charge in [-0.1, -0.05) is 42.5 Å². The predicted molar refractivity (Wildman–Crippen MR) is 112 cm³/mol. The first-order valence-electron chi connectivity index (χ1n) is 9.39. The molecule has 1 aliphatic rings. The van der Waals surface area contributed by atoms with Crippen LogP contribution in [0.1, 0.15) is 17.4 Å². The number of ether oxygens (including phenoxy) is 1. The molecule has 2 N–H and O–H groups in total. The van der Waals surface area contributed by atoms with Crippen molar-refractivity contribution in [1.82, 2.24) is 10.2 Å². The summed E-state index contributed by atoms with van der Waals surface area (Å²) in [4.78, 5) is 27.7. The number of fused-ring (bicyclic) bond motifs is 1. The summed E-state index contributed by atoms with van der Waals surface area (Å²) < 4.78 is 5.50. The minimum Gasteiger partial charge on any atom is -0.389 e. The molecular weight excluding hydrogens is 388 g/mol. The molecular formula is C22H22N2O4S. The van der Waals surface area contributed by atoms with Crippen molar-refractivity contribution in [3.8, 4) is 0 Å². The summed E-state index contributed by atoms with van der Waals surface area (Å²) in [5.41, 5.74) is -0.459. The van der Waals surface area contributed by atoms with Gasteiger partial charge in [-0.2, -0.15) is 0 Å². The van der Waals surface area contributed by atoms with Crippen molar-refractivity contribution in [2.75, 3.05) is 13.2 Å². The van der Waals surface area contributed by atoms with Crippen molar-refractivity contribution in [1.29, 1.82) is 0 Å². The van der Waals surface area contributed by atoms with Crippen molar-refractivity contribution >= 4 is 34.0 Å². The van der Waals surface area contributed by atoms with Crippen LogP contribution in [0.4, 0.5) is 4.79 Å². The number of carbonyl (C=O) groups excluding carboxylic acids is 2. The number of aliphatic hydroxyl groups is 1. The Labute approximate surface area is 172 Å². The highest BCUT2D eigenvalue weighted by atomic mass is 32.1. The number of nitrogens with zero attached hydrogens (tertiary/aromatic N) is 1. The summed E-state index contributed by atoms with van der Waals surface area (Å²) in [6, 6.07) is 16.9. The van der Waals surface area contributed by atoms with E-state index in [0.717, 1.165) is 20.5 Å². The normalized spacial score (nSPS) is 20.3. The third-order valence-corrected chi connectivity index (χ3v) is 5.98. The standard InChI is InChI=1S/C22H22N2O4S/c1-22(17-9-8-15-5-2-3-6-16(15)11-17)20(26)24(21(27)23-22)12-18(25)13-28-14-19-7-4-10-29-19/h2-11,18,25H,12-14H2,1H3,(H,23,27)/t18-,22-/m1/s1. The van der Waals surface area contributed by atoms with Crippen molar-refractivity contribution in [2.24, 2.45) is 0 Å². The number of amides is 3. The second kappa shape index (κ2) is 7.94. The summed E-state index contributed by atoms with van der Waals surface area (Å²) in [5, 5.41) is 17.1. The number of carbonyl (C=O) groups is 2. The van der Waals surface area contributed by atoms with Gasteiger partial charge < -0.3 is 15.2 Å². The minimum absolute atomic E-state index is 0.0433. The van der Waals surface area contributed by atoms with Gasteiger partial charge in [-0.25, -0.2) is 4.79 Å². The summed E-state index contributed by atoms with van der Waals surface area (Å²) in [6.07, 6.45) is -0.955. The molecule has 150 valence electrons. The molecule has 0 bridgehead atoms. The monoisotopic (exact) mass is 410 g/mol. The molecule has 2 heterocycles. The molecule has 7 heteroatoms. The number of thiophene rings is 1. The van der Waals surface area contributed by atoms with Crippen molar-refractivity contribution in [3.05, 3.63) is 70.4 Å². The zero-order valence-electron chi connectivity index (χ0n) is 16.0. The lowest BCUT2D eigenvalue weighted by atomic mass is 9.90. The molecule has 0 aliphatic carbocycles. The van der Waals surface area contributed by atoms with Crippen molar-refractivity contribution in [3.63, 3.8) is 0 Å². The molecule has 2 atom stereocenters. The van der Waals surface area contributed by atoms with E-state index in [4.69, 9.17) is 4.74 Å². The number of β-amino-alcohol motifs (C(OH)–C–C–N with tert-alkyl or cyclic N) is 1. The highest BCUT2D eigenvalue weighted by Gasteiger charge is 2.49. The van der Waals surface area contributed by atoms with E-state index in [-0.39, 0.29) is 19.1 Å². The molecule has 3 amide bonds. The van der Waals surface area contributed by atoms with Gasteiger partial charge >= 0.3 is 6.03 Å². The molecule has 1 saturated heterocycles. The Bertz CT molecular complexity index is 1040. The summed E-state index contributed by atoms with van der Waals surface area (Å²) >= 11 is 1.57. The topological polar surface area (TPSA) is 78.9 Å². The first kappa shape index (κ1) is 19.6. The second-order valence-corrected chi connectivity index (χ2v) is 8.31. The Kier molecular flexibility index (Phi) is 5.36. The molecule has 0 saturated carbocycles. The van der Waals surface area contributed by atoms with Gasteiger partial charge in [0, 0.05) is 4.88 Å². The van der Waals surface area contributed by atoms with Crippen LogP contribution in [0.5, 0.6) is 0 Å². The van der Waals surface area contributed by atoms with E-state index in [1.54, 1.807) is 18.3 Å². The van der Waals surface area contributed by atoms with Crippen LogP contribution in [0.2, 0.25) is 0 Å². The molecule has 4 rings (SSSR count). The highest BCUT2D eigenvalue weighted by molar-refractivity contribution is 7.09. The average Bonchev–Trinajstić information content (AvgIpc) is 3.31. The van der Waals surface area contributed by atoms with Crippen LogP contribution >= 0.6 is 11.3 Å². The first-order valence-corrected chi connectivity index (χ1v) is 10.3. The highest BCUT2D eigenvalue weighted by Crippen LogP contribution is 2.31. The summed E-state index contributed by atoms with van der Waals surface area (Å²) in [7, 11) is 0. The van der Waals surface area contributed by atoms with Gasteiger partial charge in [0.15, 0.2) is 0 Å². The van der Waals surface area contributed by atoms with Crippen LogP contribution in [-0.4, -0.2) is 41.2 Å². The smallest absolute Gasteiger partial charge is 0.325 e. The molecule has 1 fully saturated rings. The number of urea groups is 1. The maximum Gasteiger partial charge on any atom is 0.325 e. The average molecular weight is 410 g/mol. The zero-order valence-corrected chi connectivity index (χ0v) is 16.8. The molecule has 6 nitrogen and oxygen atoms in total. The fourth-order valence-electron chi connectivity index (χ4n) is 3.51. The number of nitrogens with one attached hydrogen (secondary N) is 1. The van der Waals surface area contributed by atoms with Gasteiger partial charge in [-0.3, -0.25) is 9.69 Å². The van der Waals surface area contributed by atoms with E-state index in [9.17, 15) is 14.7 Å². The molecule has 0 unspecified atom stereocenters. The van der Waals surface area contributed by atoms with Gasteiger partial charge in [0.2, 0.25) is 0 Å². The van der Waals surface area contributed by atoms with Gasteiger partial charge in [-0.05, 0) is 40.8 Å². The van der Waals surface area contributed by atoms with E-state index in [2.05, 4.69) is 5.32 Å². The molecule has 1 aliphatic heterocycles. The van der Waals surface area contributed by atoms with Crippen LogP contribution in [0.15, 0.2) is 60.0 Å². The number of aliphatic hydroxyl groups excluding tert-OH is 1. The Morgan fingerprint density at radius 3 is 2.69 bits per heavy atom. The lowest BCUT2D eigenvalue weighted by molar-refractivity contribution is -0.132. The third-order valence-electron chi connectivity index (χ3n) is 5.13. The van der Waals surface area contributed by atoms with E-state index in [1.807, 2.05) is 60.0 Å². The second-order valence-electron chi connectivity index (χ2n) is 7.28. The zero-order chi connectivity index (χ0) is 20.4. The Morgan fingerprint density at radius 1 is 1.14 bits per heavy atom. The molecule has 0 spiro atoms. The van der Waals surface area contributed by atoms with E-state index in [1.165, 1.54) is 0 Å². The van der Waals surface area contributed by atoms with E-state index < -0.39 is 17.7 Å². The number of hydrogen-bond donors (Lipinski definition) is 2. The molecule has 2 aromatic carbocycles. The number of imide groups is 1. The summed E-state index contributed by atoms with van der Waals surface area (Å²) in [5.74, 6) is -0.380. The summed E-state index contributed by atoms with van der Waals surface area (Å²) in [6.45, 7) is 2.01. The third kappa shape index (κ3) is 3.89. The van der Waals surface area contributed by atoms with Gasteiger partial charge in [0.05, 0.1) is 25.9 Å². The molecule has 3 aromatic rings. The van der Waals surface area contributed by atoms with E-state index in [0.29, 0.717) is 12.2 Å². The maximum absolute atomic E-state index is 13.1. The van der Waals surface area contributed by atoms with Crippen LogP contribution in [0, 0.1) is 0 Å². The molecule has 0 radical (unpaired) electrons. The van der Waals surface area contributed by atoms with Crippen LogP contribution in [0.3, 0.4) is 0 Å². The number of hydrogen-bond acceptors (Lipinski definition) is 5. The fourth-order valence-corrected chi connectivity index (χ4v) is 4.15. The van der Waals surface area contributed by atoms with Crippen molar-refractivity contribution in [2.45, 2.75) is 25.2 Å². The largest absolute Gasteiger partial charge is 0.389 e. The molecule has 1 aromatic heterocycles. The van der Waals surface area contributed by atoms with Crippen LogP contribution in [0.25, 0.3) is 10.8 Å². The van der Waals surface area contributed by atoms with Crippen molar-refractivity contribution < 1.29 is 19.4 Å². The van der Waals surface area contributed by atoms with Crippen LogP contribution in [-0.2, 0) is 21.7 Å². The van der Waals surface area contributed by atoms with Gasteiger partial charge in [-0.15, -0.1) is 11.3 Å². The number of benzene rings is 2. The lowest BCUT2D eigenvalue weighted by Crippen LogP contribution is -2.42. The van der Waals surface area contributed by atoms with E-state index >= 15 is 0 Å². The first-order chi connectivity index (χ1) is 14.0. The quantitative estimate of drug-likeness (QED) is 0.586. The SMILES string of the molecule is C[C@]1(c2ccc3ccccc3c2)NC(=O)N(C[C@@H](O)COCc2cccs2)C1=O. The van der Waals surface area contributed by atoms with Gasteiger partial charge in [0.25, 0.3) is 5.91 Å². The van der Waals surface area contributed by atoms with Gasteiger partial charge in [0.1, 0.15) is 5.54 Å². The minimum atomic E-state index is -1.17. The number of rotatable bonds is 7. The Morgan fingerprint density at radius 2 is 1.93 bits per heavy atom. The molecule has 29 heavy (non-hydrogen) atoms. The maximum atomic E-state index is 13.1. The van der Waals surface area contributed by atoms with Crippen LogP contribution < -0.4 is 5.32 Å². The Balaban J connectivity index is 1.44.